The Balaban J connectivity index is 1.73. The van der Waals surface area contributed by atoms with E-state index in [1.54, 1.807) is 24.2 Å². The van der Waals surface area contributed by atoms with Gasteiger partial charge in [0.2, 0.25) is 6.79 Å². The van der Waals surface area contributed by atoms with Gasteiger partial charge in [-0.15, -0.1) is 0 Å². The molecule has 2 aromatic rings. The highest BCUT2D eigenvalue weighted by Gasteiger charge is 2.13. The van der Waals surface area contributed by atoms with Crippen LogP contribution in [0, 0.1) is 0 Å². The molecule has 0 fully saturated rings. The van der Waals surface area contributed by atoms with E-state index in [4.69, 9.17) is 14.2 Å². The molecule has 0 spiro atoms. The van der Waals surface area contributed by atoms with Gasteiger partial charge >= 0.3 is 0 Å². The molecular formula is C19H19NO4. The molecule has 0 saturated heterocycles. The van der Waals surface area contributed by atoms with Crippen molar-refractivity contribution >= 4 is 17.7 Å². The van der Waals surface area contributed by atoms with Crippen molar-refractivity contribution < 1.29 is 19.0 Å². The Labute approximate surface area is 141 Å². The first-order valence-corrected chi connectivity index (χ1v) is 7.74. The second kappa shape index (κ2) is 7.08. The van der Waals surface area contributed by atoms with Gasteiger partial charge in [-0.1, -0.05) is 6.07 Å². The quantitative estimate of drug-likeness (QED) is 0.790. The largest absolute Gasteiger partial charge is 0.497 e. The molecule has 0 unspecified atom stereocenters. The smallest absolute Gasteiger partial charge is 0.250 e. The Morgan fingerprint density at radius 3 is 2.62 bits per heavy atom. The average Bonchev–Trinajstić information content (AvgIpc) is 3.09. The summed E-state index contributed by atoms with van der Waals surface area (Å²) in [7, 11) is 1.62. The third-order valence-electron chi connectivity index (χ3n) is 3.78. The Bertz CT molecular complexity index is 752. The van der Waals surface area contributed by atoms with E-state index in [0.717, 1.165) is 22.7 Å². The number of hydrogen-bond acceptors (Lipinski definition) is 4. The number of likely N-dealkylation sites (N-methyl/N-ethyl adjacent to an activating group) is 1. The average molecular weight is 325 g/mol. The molecule has 0 bridgehead atoms. The van der Waals surface area contributed by atoms with Gasteiger partial charge in [0, 0.05) is 18.3 Å². The van der Waals surface area contributed by atoms with E-state index >= 15 is 0 Å². The molecule has 2 aromatic carbocycles. The third kappa shape index (κ3) is 3.35. The Kier molecular flexibility index (Phi) is 4.70. The molecule has 1 heterocycles. The normalized spacial score (nSPS) is 12.4. The lowest BCUT2D eigenvalue weighted by Crippen LogP contribution is -2.28. The number of ether oxygens (including phenoxy) is 3. The van der Waals surface area contributed by atoms with E-state index < -0.39 is 0 Å². The van der Waals surface area contributed by atoms with E-state index in [1.165, 1.54) is 0 Å². The molecule has 0 aliphatic carbocycles. The minimum absolute atomic E-state index is 0.0830. The Hall–Kier alpha value is -2.95. The Morgan fingerprint density at radius 2 is 1.92 bits per heavy atom. The SMILES string of the molecule is CCN(C(=O)C=Cc1ccc2c(c1)OCO2)c1ccc(OC)cc1. The van der Waals surface area contributed by atoms with Gasteiger partial charge in [-0.2, -0.15) is 0 Å². The molecule has 0 aromatic heterocycles. The number of carbonyl (C=O) groups is 1. The summed E-state index contributed by atoms with van der Waals surface area (Å²) in [5.41, 5.74) is 1.72. The number of anilines is 1. The zero-order valence-corrected chi connectivity index (χ0v) is 13.7. The summed E-state index contributed by atoms with van der Waals surface area (Å²) >= 11 is 0. The van der Waals surface area contributed by atoms with Gasteiger partial charge < -0.3 is 19.1 Å². The first-order chi connectivity index (χ1) is 11.7. The van der Waals surface area contributed by atoms with Crippen LogP contribution in [0.5, 0.6) is 17.2 Å². The maximum absolute atomic E-state index is 12.5. The predicted molar refractivity (Wildman–Crippen MR) is 92.6 cm³/mol. The number of nitrogens with zero attached hydrogens (tertiary/aromatic N) is 1. The zero-order chi connectivity index (χ0) is 16.9. The molecular weight excluding hydrogens is 306 g/mol. The number of carbonyl (C=O) groups excluding carboxylic acids is 1. The van der Waals surface area contributed by atoms with Crippen LogP contribution in [0.2, 0.25) is 0 Å². The number of rotatable bonds is 5. The molecule has 124 valence electrons. The lowest BCUT2D eigenvalue weighted by Gasteiger charge is -2.19. The molecule has 0 radical (unpaired) electrons. The van der Waals surface area contributed by atoms with E-state index in [-0.39, 0.29) is 12.7 Å². The molecule has 24 heavy (non-hydrogen) atoms. The van der Waals surface area contributed by atoms with E-state index in [0.29, 0.717) is 12.3 Å². The fourth-order valence-electron chi connectivity index (χ4n) is 2.50. The van der Waals surface area contributed by atoms with Crippen LogP contribution in [0.1, 0.15) is 12.5 Å². The van der Waals surface area contributed by atoms with Crippen molar-refractivity contribution in [2.75, 3.05) is 25.3 Å². The molecule has 5 nitrogen and oxygen atoms in total. The molecule has 0 atom stereocenters. The summed E-state index contributed by atoms with van der Waals surface area (Å²) in [6.07, 6.45) is 3.34. The van der Waals surface area contributed by atoms with Crippen molar-refractivity contribution in [3.8, 4) is 17.2 Å². The number of fused-ring (bicyclic) bond motifs is 1. The van der Waals surface area contributed by atoms with Gasteiger partial charge in [-0.25, -0.2) is 0 Å². The fraction of sp³-hybridized carbons (Fsp3) is 0.211. The lowest BCUT2D eigenvalue weighted by atomic mass is 10.2. The summed E-state index contributed by atoms with van der Waals surface area (Å²) in [6.45, 7) is 2.76. The van der Waals surface area contributed by atoms with Gasteiger partial charge in [0.05, 0.1) is 7.11 Å². The van der Waals surface area contributed by atoms with Crippen LogP contribution in [0.3, 0.4) is 0 Å². The topological polar surface area (TPSA) is 48.0 Å². The molecule has 3 rings (SSSR count). The first-order valence-electron chi connectivity index (χ1n) is 7.74. The zero-order valence-electron chi connectivity index (χ0n) is 13.7. The molecule has 0 saturated carbocycles. The predicted octanol–water partition coefficient (Wildman–Crippen LogP) is 3.49. The molecule has 5 heteroatoms. The van der Waals surface area contributed by atoms with Crippen molar-refractivity contribution in [1.29, 1.82) is 0 Å². The first kappa shape index (κ1) is 15.9. The van der Waals surface area contributed by atoms with Crippen LogP contribution in [-0.2, 0) is 4.79 Å². The van der Waals surface area contributed by atoms with Crippen molar-refractivity contribution in [2.24, 2.45) is 0 Å². The van der Waals surface area contributed by atoms with Crippen LogP contribution >= 0.6 is 0 Å². The third-order valence-corrected chi connectivity index (χ3v) is 3.78. The standard InChI is InChI=1S/C19H19NO4/c1-3-20(15-6-8-16(22-2)9-7-15)19(21)11-5-14-4-10-17-18(12-14)24-13-23-17/h4-12H,3,13H2,1-2H3. The molecule has 1 aliphatic heterocycles. The highest BCUT2D eigenvalue weighted by molar-refractivity contribution is 6.03. The minimum atomic E-state index is -0.0830. The molecule has 1 aliphatic rings. The van der Waals surface area contributed by atoms with Crippen molar-refractivity contribution in [2.45, 2.75) is 6.92 Å². The lowest BCUT2D eigenvalue weighted by molar-refractivity contribution is -0.114. The second-order valence-electron chi connectivity index (χ2n) is 5.23. The fourth-order valence-corrected chi connectivity index (χ4v) is 2.50. The maximum Gasteiger partial charge on any atom is 0.250 e. The summed E-state index contributed by atoms with van der Waals surface area (Å²) < 4.78 is 15.8. The van der Waals surface area contributed by atoms with E-state index in [9.17, 15) is 4.79 Å². The minimum Gasteiger partial charge on any atom is -0.497 e. The second-order valence-corrected chi connectivity index (χ2v) is 5.23. The van der Waals surface area contributed by atoms with Gasteiger partial charge in [0.25, 0.3) is 5.91 Å². The maximum atomic E-state index is 12.5. The molecule has 0 N–H and O–H groups in total. The summed E-state index contributed by atoms with van der Waals surface area (Å²) in [5, 5.41) is 0. The van der Waals surface area contributed by atoms with Crippen LogP contribution in [0.15, 0.2) is 48.5 Å². The summed E-state index contributed by atoms with van der Waals surface area (Å²) in [4.78, 5) is 14.2. The van der Waals surface area contributed by atoms with Crippen molar-refractivity contribution in [3.05, 3.63) is 54.1 Å². The highest BCUT2D eigenvalue weighted by atomic mass is 16.7. The van der Waals surface area contributed by atoms with Gasteiger partial charge in [0.1, 0.15) is 5.75 Å². The van der Waals surface area contributed by atoms with Crippen LogP contribution < -0.4 is 19.1 Å². The Morgan fingerprint density at radius 1 is 1.17 bits per heavy atom. The molecule has 1 amide bonds. The highest BCUT2D eigenvalue weighted by Crippen LogP contribution is 2.32. The van der Waals surface area contributed by atoms with Crippen LogP contribution in [-0.4, -0.2) is 26.4 Å². The van der Waals surface area contributed by atoms with Gasteiger partial charge in [-0.3, -0.25) is 4.79 Å². The summed E-state index contributed by atoms with van der Waals surface area (Å²) in [5.74, 6) is 2.11. The number of hydrogen-bond donors (Lipinski definition) is 0. The monoisotopic (exact) mass is 325 g/mol. The number of amides is 1. The van der Waals surface area contributed by atoms with Crippen LogP contribution in [0.4, 0.5) is 5.69 Å². The van der Waals surface area contributed by atoms with E-state index in [1.807, 2.05) is 49.4 Å². The van der Waals surface area contributed by atoms with Crippen molar-refractivity contribution in [1.82, 2.24) is 0 Å². The van der Waals surface area contributed by atoms with E-state index in [2.05, 4.69) is 0 Å². The van der Waals surface area contributed by atoms with Crippen molar-refractivity contribution in [3.63, 3.8) is 0 Å². The number of benzene rings is 2. The number of methoxy groups -OCH3 is 1. The van der Waals surface area contributed by atoms with Crippen LogP contribution in [0.25, 0.3) is 6.08 Å². The van der Waals surface area contributed by atoms with Gasteiger partial charge in [0.15, 0.2) is 11.5 Å². The summed E-state index contributed by atoms with van der Waals surface area (Å²) in [6, 6.07) is 13.0. The van der Waals surface area contributed by atoms with Gasteiger partial charge in [-0.05, 0) is 55.0 Å².